The summed E-state index contributed by atoms with van der Waals surface area (Å²) in [5, 5.41) is 0. The van der Waals surface area contributed by atoms with Crippen molar-refractivity contribution in [2.75, 3.05) is 25.9 Å². The minimum atomic E-state index is -0.756. The number of carbonyl (C=O) groups excluding carboxylic acids is 3. The number of benzene rings is 1. The molecule has 8 heteroatoms. The van der Waals surface area contributed by atoms with Gasteiger partial charge in [0.05, 0.1) is 12.7 Å². The molecule has 108 valence electrons. The normalized spacial score (nSPS) is 9.85. The number of hydrogen-bond donors (Lipinski definition) is 3. The van der Waals surface area contributed by atoms with Gasteiger partial charge in [-0.15, -0.1) is 0 Å². The van der Waals surface area contributed by atoms with Crippen LogP contribution in [-0.4, -0.2) is 42.8 Å². The Kier molecular flexibility index (Phi) is 4.90. The van der Waals surface area contributed by atoms with Gasteiger partial charge in [0, 0.05) is 11.8 Å². The quantitative estimate of drug-likeness (QED) is 0.554. The molecule has 6 N–H and O–H groups in total. The number of primary amides is 2. The second-order valence-corrected chi connectivity index (χ2v) is 4.05. The summed E-state index contributed by atoms with van der Waals surface area (Å²) in [6.45, 7) is -0.843. The lowest BCUT2D eigenvalue weighted by Gasteiger charge is -2.20. The Morgan fingerprint density at radius 1 is 1.15 bits per heavy atom. The van der Waals surface area contributed by atoms with Crippen molar-refractivity contribution in [2.24, 2.45) is 11.5 Å². The fourth-order valence-corrected chi connectivity index (χ4v) is 1.63. The van der Waals surface area contributed by atoms with Crippen LogP contribution in [0.4, 0.5) is 5.69 Å². The summed E-state index contributed by atoms with van der Waals surface area (Å²) >= 11 is 0. The number of carbonyl (C=O) groups is 3. The number of nitrogens with two attached hydrogens (primary N) is 3. The molecule has 20 heavy (non-hydrogen) atoms. The predicted octanol–water partition coefficient (Wildman–Crippen LogP) is -1.31. The van der Waals surface area contributed by atoms with Gasteiger partial charge < -0.3 is 26.8 Å². The van der Waals surface area contributed by atoms with Crippen LogP contribution in [0.5, 0.6) is 5.75 Å². The molecule has 0 atom stereocenters. The molecule has 0 fully saturated rings. The monoisotopic (exact) mass is 280 g/mol. The molecular formula is C12H16N4O4. The molecule has 0 unspecified atom stereocenters. The Bertz CT molecular complexity index is 528. The van der Waals surface area contributed by atoms with Gasteiger partial charge in [-0.05, 0) is 12.1 Å². The van der Waals surface area contributed by atoms with Crippen LogP contribution >= 0.6 is 0 Å². The van der Waals surface area contributed by atoms with Crippen LogP contribution in [0.1, 0.15) is 10.4 Å². The van der Waals surface area contributed by atoms with E-state index in [4.69, 9.17) is 21.9 Å². The van der Waals surface area contributed by atoms with Gasteiger partial charge in [-0.1, -0.05) is 0 Å². The highest BCUT2D eigenvalue weighted by atomic mass is 16.5. The van der Waals surface area contributed by atoms with Gasteiger partial charge in [0.15, 0.2) is 0 Å². The smallest absolute Gasteiger partial charge is 0.258 e. The molecule has 0 heterocycles. The maximum atomic E-state index is 12.3. The summed E-state index contributed by atoms with van der Waals surface area (Å²) in [7, 11) is 1.37. The van der Waals surface area contributed by atoms with E-state index in [1.807, 2.05) is 0 Å². The lowest BCUT2D eigenvalue weighted by atomic mass is 10.1. The summed E-state index contributed by atoms with van der Waals surface area (Å²) in [5.41, 5.74) is 16.2. The zero-order valence-corrected chi connectivity index (χ0v) is 11.0. The number of rotatable bonds is 6. The van der Waals surface area contributed by atoms with E-state index in [0.717, 1.165) is 4.90 Å². The van der Waals surface area contributed by atoms with Crippen molar-refractivity contribution >= 4 is 23.4 Å². The number of hydrogen-bond acceptors (Lipinski definition) is 5. The first-order valence-corrected chi connectivity index (χ1v) is 5.64. The first-order chi connectivity index (χ1) is 9.35. The summed E-state index contributed by atoms with van der Waals surface area (Å²) in [6.07, 6.45) is 0. The largest absolute Gasteiger partial charge is 0.496 e. The van der Waals surface area contributed by atoms with Crippen molar-refractivity contribution in [3.8, 4) is 5.75 Å². The zero-order chi connectivity index (χ0) is 15.3. The number of nitrogens with zero attached hydrogens (tertiary/aromatic N) is 1. The molecule has 1 rings (SSSR count). The van der Waals surface area contributed by atoms with Gasteiger partial charge in [0.1, 0.15) is 18.8 Å². The molecule has 0 saturated carbocycles. The lowest BCUT2D eigenvalue weighted by Crippen LogP contribution is -2.43. The Balaban J connectivity index is 3.10. The van der Waals surface area contributed by atoms with Crippen LogP contribution in [0.15, 0.2) is 18.2 Å². The van der Waals surface area contributed by atoms with Crippen LogP contribution in [0.3, 0.4) is 0 Å². The van der Waals surface area contributed by atoms with Crippen molar-refractivity contribution in [1.29, 1.82) is 0 Å². The molecule has 0 aliphatic carbocycles. The standard InChI is InChI=1S/C12H16N4O4/c1-20-9-4-7(13)2-3-8(9)12(19)16(5-10(14)17)6-11(15)18/h2-4H,5-6,13H2,1H3,(H2,14,17)(H2,15,18). The van der Waals surface area contributed by atoms with Crippen LogP contribution in [-0.2, 0) is 9.59 Å². The van der Waals surface area contributed by atoms with E-state index in [9.17, 15) is 14.4 Å². The average Bonchev–Trinajstić information content (AvgIpc) is 2.35. The molecule has 1 aromatic carbocycles. The molecule has 0 saturated heterocycles. The van der Waals surface area contributed by atoms with Crippen molar-refractivity contribution in [3.05, 3.63) is 23.8 Å². The topological polar surface area (TPSA) is 142 Å². The Hall–Kier alpha value is -2.77. The maximum Gasteiger partial charge on any atom is 0.258 e. The molecule has 0 aliphatic heterocycles. The van der Waals surface area contributed by atoms with Crippen LogP contribution < -0.4 is 21.9 Å². The number of nitrogen functional groups attached to an aromatic ring is 1. The fourth-order valence-electron chi connectivity index (χ4n) is 1.63. The van der Waals surface area contributed by atoms with Crippen LogP contribution in [0, 0.1) is 0 Å². The van der Waals surface area contributed by atoms with E-state index in [1.165, 1.54) is 25.3 Å². The number of methoxy groups -OCH3 is 1. The van der Waals surface area contributed by atoms with Crippen molar-refractivity contribution < 1.29 is 19.1 Å². The highest BCUT2D eigenvalue weighted by molar-refractivity contribution is 6.00. The third-order valence-corrected chi connectivity index (χ3v) is 2.44. The maximum absolute atomic E-state index is 12.3. The number of anilines is 1. The zero-order valence-electron chi connectivity index (χ0n) is 11.0. The minimum absolute atomic E-state index is 0.157. The SMILES string of the molecule is COc1cc(N)ccc1C(=O)N(CC(N)=O)CC(N)=O. The second kappa shape index (κ2) is 6.41. The van der Waals surface area contributed by atoms with E-state index in [2.05, 4.69) is 0 Å². The summed E-state index contributed by atoms with van der Waals surface area (Å²) < 4.78 is 5.05. The minimum Gasteiger partial charge on any atom is -0.496 e. The highest BCUT2D eigenvalue weighted by Crippen LogP contribution is 2.22. The summed E-state index contributed by atoms with van der Waals surface area (Å²) in [6, 6.07) is 4.40. The van der Waals surface area contributed by atoms with Crippen LogP contribution in [0.2, 0.25) is 0 Å². The molecule has 0 bridgehead atoms. The van der Waals surface area contributed by atoms with Gasteiger partial charge in [-0.25, -0.2) is 0 Å². The Labute approximate surface area is 115 Å². The number of ether oxygens (including phenoxy) is 1. The third kappa shape index (κ3) is 3.87. The number of amides is 3. The summed E-state index contributed by atoms with van der Waals surface area (Å²) in [4.78, 5) is 35.2. The molecule has 0 aromatic heterocycles. The Morgan fingerprint density at radius 2 is 1.70 bits per heavy atom. The third-order valence-electron chi connectivity index (χ3n) is 2.44. The summed E-state index contributed by atoms with van der Waals surface area (Å²) in [5.74, 6) is -1.88. The van der Waals surface area contributed by atoms with Crippen molar-refractivity contribution in [2.45, 2.75) is 0 Å². The molecule has 3 amide bonds. The van der Waals surface area contributed by atoms with Gasteiger partial charge in [-0.2, -0.15) is 0 Å². The average molecular weight is 280 g/mol. The molecule has 8 nitrogen and oxygen atoms in total. The second-order valence-electron chi connectivity index (χ2n) is 4.05. The van der Waals surface area contributed by atoms with E-state index in [1.54, 1.807) is 0 Å². The molecular weight excluding hydrogens is 264 g/mol. The van der Waals surface area contributed by atoms with E-state index < -0.39 is 30.8 Å². The van der Waals surface area contributed by atoms with Crippen molar-refractivity contribution in [1.82, 2.24) is 4.90 Å². The molecule has 0 spiro atoms. The first kappa shape index (κ1) is 15.3. The van der Waals surface area contributed by atoms with E-state index >= 15 is 0 Å². The van der Waals surface area contributed by atoms with Gasteiger partial charge >= 0.3 is 0 Å². The van der Waals surface area contributed by atoms with Crippen LogP contribution in [0.25, 0.3) is 0 Å². The first-order valence-electron chi connectivity index (χ1n) is 5.64. The molecule has 0 aliphatic rings. The van der Waals surface area contributed by atoms with E-state index in [0.29, 0.717) is 5.69 Å². The molecule has 0 radical (unpaired) electrons. The predicted molar refractivity (Wildman–Crippen MR) is 71.7 cm³/mol. The van der Waals surface area contributed by atoms with Crippen molar-refractivity contribution in [3.63, 3.8) is 0 Å². The Morgan fingerprint density at radius 3 is 2.15 bits per heavy atom. The van der Waals surface area contributed by atoms with Gasteiger partial charge in [-0.3, -0.25) is 14.4 Å². The fraction of sp³-hybridized carbons (Fsp3) is 0.250. The van der Waals surface area contributed by atoms with E-state index in [-0.39, 0.29) is 11.3 Å². The van der Waals surface area contributed by atoms with Gasteiger partial charge in [0.2, 0.25) is 11.8 Å². The lowest BCUT2D eigenvalue weighted by molar-refractivity contribution is -0.121. The molecule has 1 aromatic rings. The highest BCUT2D eigenvalue weighted by Gasteiger charge is 2.22. The van der Waals surface area contributed by atoms with Gasteiger partial charge in [0.25, 0.3) is 5.91 Å².